The molecule has 4 aromatic rings. The molecule has 3 fully saturated rings. The van der Waals surface area contributed by atoms with E-state index >= 15 is 0 Å². The van der Waals surface area contributed by atoms with Gasteiger partial charge in [-0.3, -0.25) is 49.0 Å². The van der Waals surface area contributed by atoms with Crippen LogP contribution in [0.2, 0.25) is 0 Å². The minimum absolute atomic E-state index is 0.0927. The first-order chi connectivity index (χ1) is 20.9. The number of nitrogens with one attached hydrogen (secondary N) is 2. The first-order valence-corrected chi connectivity index (χ1v) is 14.7. The molecule has 8 rings (SSSR count). The van der Waals surface area contributed by atoms with Gasteiger partial charge in [0.15, 0.2) is 0 Å². The number of carbonyl (C=O) groups excluding carboxylic acids is 4. The summed E-state index contributed by atoms with van der Waals surface area (Å²) in [6, 6.07) is 6.29. The molecular formula is C31H28N8O4. The Balaban J connectivity index is 0.935. The molecular weight excluding hydrogens is 548 g/mol. The fourth-order valence-electron chi connectivity index (χ4n) is 6.45. The van der Waals surface area contributed by atoms with Gasteiger partial charge in [0.1, 0.15) is 17.3 Å². The van der Waals surface area contributed by atoms with E-state index in [2.05, 4.69) is 36.5 Å². The first-order valence-electron chi connectivity index (χ1n) is 14.7. The molecule has 4 aliphatic rings. The summed E-state index contributed by atoms with van der Waals surface area (Å²) in [7, 11) is 0. The number of pyridine rings is 1. The fraction of sp³-hybridized carbons (Fsp3) is 0.355. The van der Waals surface area contributed by atoms with Crippen LogP contribution in [0.3, 0.4) is 0 Å². The number of piperidine rings is 1. The molecule has 3 aromatic heterocycles. The summed E-state index contributed by atoms with van der Waals surface area (Å²) in [5.74, 6) is -1.13. The molecule has 0 spiro atoms. The second-order valence-electron chi connectivity index (χ2n) is 11.8. The van der Waals surface area contributed by atoms with E-state index in [1.165, 1.54) is 0 Å². The first kappa shape index (κ1) is 25.7. The van der Waals surface area contributed by atoms with Crippen LogP contribution in [-0.4, -0.2) is 65.8 Å². The van der Waals surface area contributed by atoms with Gasteiger partial charge in [-0.25, -0.2) is 0 Å². The molecule has 4 amide bonds. The van der Waals surface area contributed by atoms with Crippen LogP contribution in [0.15, 0.2) is 49.1 Å². The van der Waals surface area contributed by atoms with Gasteiger partial charge in [-0.1, -0.05) is 0 Å². The highest BCUT2D eigenvalue weighted by atomic mass is 16.2. The lowest BCUT2D eigenvalue weighted by Crippen LogP contribution is -2.54. The van der Waals surface area contributed by atoms with Gasteiger partial charge < -0.3 is 5.32 Å². The predicted molar refractivity (Wildman–Crippen MR) is 154 cm³/mol. The van der Waals surface area contributed by atoms with Gasteiger partial charge in [-0.2, -0.15) is 5.10 Å². The van der Waals surface area contributed by atoms with Gasteiger partial charge in [0.2, 0.25) is 11.8 Å². The van der Waals surface area contributed by atoms with Gasteiger partial charge in [-0.15, -0.1) is 0 Å². The fourth-order valence-corrected chi connectivity index (χ4v) is 6.45. The minimum Gasteiger partial charge on any atom is -0.385 e. The third-order valence-corrected chi connectivity index (χ3v) is 8.99. The third-order valence-electron chi connectivity index (χ3n) is 8.99. The lowest BCUT2D eigenvalue weighted by Gasteiger charge is -2.35. The summed E-state index contributed by atoms with van der Waals surface area (Å²) in [4.78, 5) is 64.6. The zero-order valence-corrected chi connectivity index (χ0v) is 23.2. The van der Waals surface area contributed by atoms with E-state index < -0.39 is 29.7 Å². The Bertz CT molecular complexity index is 1840. The number of nitrogens with zero attached hydrogens (tertiary/aromatic N) is 6. The second kappa shape index (κ2) is 9.79. The van der Waals surface area contributed by atoms with E-state index in [4.69, 9.17) is 5.10 Å². The molecule has 1 unspecified atom stereocenters. The largest absolute Gasteiger partial charge is 0.385 e. The quantitative estimate of drug-likeness (QED) is 0.316. The van der Waals surface area contributed by atoms with Crippen molar-refractivity contribution in [3.63, 3.8) is 0 Å². The molecule has 2 saturated carbocycles. The Morgan fingerprint density at radius 3 is 2.51 bits per heavy atom. The predicted octanol–water partition coefficient (Wildman–Crippen LogP) is 3.23. The smallest absolute Gasteiger partial charge is 0.262 e. The van der Waals surface area contributed by atoms with E-state index in [0.29, 0.717) is 17.9 Å². The molecule has 12 nitrogen and oxygen atoms in total. The van der Waals surface area contributed by atoms with Gasteiger partial charge in [-0.05, 0) is 62.3 Å². The average molecular weight is 577 g/mol. The van der Waals surface area contributed by atoms with Crippen LogP contribution >= 0.6 is 0 Å². The summed E-state index contributed by atoms with van der Waals surface area (Å²) >= 11 is 0. The zero-order valence-electron chi connectivity index (χ0n) is 23.2. The van der Waals surface area contributed by atoms with Crippen LogP contribution in [0, 0.1) is 5.92 Å². The van der Waals surface area contributed by atoms with Crippen molar-refractivity contribution >= 4 is 40.3 Å². The Morgan fingerprint density at radius 2 is 1.70 bits per heavy atom. The maximum atomic E-state index is 13.1. The Labute approximate surface area is 245 Å². The number of imide groups is 2. The Kier molecular flexibility index (Phi) is 5.85. The Hall–Kier alpha value is -5.00. The van der Waals surface area contributed by atoms with Gasteiger partial charge in [0.25, 0.3) is 11.8 Å². The number of aromatic nitrogens is 5. The summed E-state index contributed by atoms with van der Waals surface area (Å²) in [6.45, 7) is 0.721. The van der Waals surface area contributed by atoms with E-state index in [1.807, 2.05) is 6.07 Å². The van der Waals surface area contributed by atoms with Crippen molar-refractivity contribution in [3.8, 4) is 11.3 Å². The molecule has 12 heteroatoms. The van der Waals surface area contributed by atoms with Crippen LogP contribution in [0.5, 0.6) is 0 Å². The van der Waals surface area contributed by atoms with Crippen LogP contribution in [0.25, 0.3) is 22.3 Å². The molecule has 0 radical (unpaired) electrons. The molecule has 1 atom stereocenters. The summed E-state index contributed by atoms with van der Waals surface area (Å²) in [6.07, 6.45) is 11.7. The molecule has 2 aliphatic heterocycles. The number of hydrogen-bond acceptors (Lipinski definition) is 9. The van der Waals surface area contributed by atoms with Crippen LogP contribution in [-0.2, 0) is 9.59 Å². The summed E-state index contributed by atoms with van der Waals surface area (Å²) in [5.41, 5.74) is 5.86. The highest BCUT2D eigenvalue weighted by Gasteiger charge is 2.44. The van der Waals surface area contributed by atoms with E-state index in [0.717, 1.165) is 70.8 Å². The molecule has 0 bridgehead atoms. The highest BCUT2D eigenvalue weighted by Crippen LogP contribution is 2.46. The van der Waals surface area contributed by atoms with Crippen LogP contribution < -0.4 is 10.6 Å². The van der Waals surface area contributed by atoms with E-state index in [1.54, 1.807) is 36.8 Å². The number of anilines is 1. The number of hydrogen-bond donors (Lipinski definition) is 2. The van der Waals surface area contributed by atoms with Crippen molar-refractivity contribution in [2.75, 3.05) is 11.9 Å². The van der Waals surface area contributed by atoms with E-state index in [-0.39, 0.29) is 24.0 Å². The van der Waals surface area contributed by atoms with Gasteiger partial charge in [0, 0.05) is 54.9 Å². The van der Waals surface area contributed by atoms with Crippen molar-refractivity contribution < 1.29 is 19.2 Å². The van der Waals surface area contributed by atoms with Crippen molar-refractivity contribution in [1.82, 2.24) is 34.9 Å². The molecule has 216 valence electrons. The third kappa shape index (κ3) is 4.36. The second-order valence-corrected chi connectivity index (χ2v) is 11.8. The van der Waals surface area contributed by atoms with Crippen molar-refractivity contribution in [2.24, 2.45) is 5.92 Å². The molecule has 43 heavy (non-hydrogen) atoms. The topological polar surface area (TPSA) is 152 Å². The molecule has 2 aliphatic carbocycles. The van der Waals surface area contributed by atoms with Crippen molar-refractivity contribution in [3.05, 3.63) is 65.9 Å². The van der Waals surface area contributed by atoms with Crippen molar-refractivity contribution in [1.29, 1.82) is 0 Å². The maximum Gasteiger partial charge on any atom is 0.262 e. The number of carbonyl (C=O) groups is 4. The standard InChI is InChI=1S/C31H28N8O4/c40-25-6-5-24(29(41)36-25)39-30(42)20-4-3-18(13-21(20)31(39)43)35-14-16-11-19(12-16)38-15-22(26(37-38)17-1-2-17)27-28-23(7-8-33-27)32-9-10-34-28/h3-4,7-10,13,15-17,19,24,35H,1-2,5-6,11-12,14H2,(H,36,40,41)/t16-,19-,24?. The summed E-state index contributed by atoms with van der Waals surface area (Å²) in [5, 5.41) is 10.7. The molecule has 1 saturated heterocycles. The lowest BCUT2D eigenvalue weighted by molar-refractivity contribution is -0.136. The van der Waals surface area contributed by atoms with Crippen LogP contribution in [0.1, 0.15) is 76.9 Å². The molecule has 5 heterocycles. The number of benzene rings is 1. The summed E-state index contributed by atoms with van der Waals surface area (Å²) < 4.78 is 2.10. The highest BCUT2D eigenvalue weighted by molar-refractivity contribution is 6.23. The van der Waals surface area contributed by atoms with Crippen molar-refractivity contribution in [2.45, 2.75) is 56.5 Å². The zero-order chi connectivity index (χ0) is 29.2. The SMILES string of the molecule is O=C1CCC(N2C(=O)c3ccc(NC[C@H]4C[C@H](n5cc(-c6nccc7nccnc67)c(C6CC6)n5)C4)cc3C2=O)C(=O)N1. The Morgan fingerprint density at radius 1 is 0.884 bits per heavy atom. The molecule has 1 aromatic carbocycles. The average Bonchev–Trinajstić information content (AvgIpc) is 3.70. The molecule has 2 N–H and O–H groups in total. The number of amides is 4. The van der Waals surface area contributed by atoms with E-state index in [9.17, 15) is 19.2 Å². The maximum absolute atomic E-state index is 13.1. The number of rotatable bonds is 7. The van der Waals surface area contributed by atoms with Gasteiger partial charge >= 0.3 is 0 Å². The van der Waals surface area contributed by atoms with Crippen LogP contribution in [0.4, 0.5) is 5.69 Å². The number of fused-ring (bicyclic) bond motifs is 2. The lowest BCUT2D eigenvalue weighted by atomic mass is 9.80. The monoisotopic (exact) mass is 576 g/mol. The van der Waals surface area contributed by atoms with Gasteiger partial charge in [0.05, 0.1) is 28.4 Å². The minimum atomic E-state index is -0.971. The normalized spacial score (nSPS) is 23.3.